The number of carbonyl (C=O) groups is 2. The lowest BCUT2D eigenvalue weighted by Gasteiger charge is -2.35. The van der Waals surface area contributed by atoms with E-state index in [1.54, 1.807) is 18.7 Å². The molecule has 1 unspecified atom stereocenters. The van der Waals surface area contributed by atoms with Gasteiger partial charge in [0.05, 0.1) is 31.4 Å². The molecule has 0 aromatic heterocycles. The van der Waals surface area contributed by atoms with E-state index >= 15 is 0 Å². The monoisotopic (exact) mass is 500 g/mol. The molecule has 0 bridgehead atoms. The molecule has 37 heavy (non-hydrogen) atoms. The molecule has 7 nitrogen and oxygen atoms in total. The Morgan fingerprint density at radius 2 is 1.54 bits per heavy atom. The minimum absolute atomic E-state index is 0.228. The molecular weight excluding hydrogens is 468 g/mol. The molecule has 0 aliphatic carbocycles. The molecule has 0 fully saturated rings. The van der Waals surface area contributed by atoms with Gasteiger partial charge in [0.1, 0.15) is 6.61 Å². The molecule has 1 atom stereocenters. The number of esters is 1. The fraction of sp³-hybridized carbons (Fsp3) is 0.267. The molecule has 1 N–H and O–H groups in total. The van der Waals surface area contributed by atoms with Crippen molar-refractivity contribution in [3.05, 3.63) is 107 Å². The zero-order valence-corrected chi connectivity index (χ0v) is 21.4. The van der Waals surface area contributed by atoms with Crippen LogP contribution in [-0.2, 0) is 22.7 Å². The summed E-state index contributed by atoms with van der Waals surface area (Å²) in [6, 6.07) is 24.0. The van der Waals surface area contributed by atoms with Crippen LogP contribution in [0.4, 0.5) is 4.79 Å². The van der Waals surface area contributed by atoms with E-state index in [2.05, 4.69) is 5.32 Å². The van der Waals surface area contributed by atoms with Crippen LogP contribution < -0.4 is 14.8 Å². The number of allylic oxidation sites excluding steroid dienone is 1. The fourth-order valence-electron chi connectivity index (χ4n) is 4.29. The highest BCUT2D eigenvalue weighted by Gasteiger charge is 2.36. The maximum atomic E-state index is 13.2. The standard InChI is InChI=1S/C30H32N2O5/c1-4-35-26-18-24(16-17-25(26)37-20-23-14-10-7-11-15-23)28-27(29(33)36-5-2)21(3)32(30(34)31-28)19-22-12-8-6-9-13-22/h6-18,28H,4-5,19-20H2,1-3H3,(H,31,34). The second-order valence-electron chi connectivity index (χ2n) is 8.59. The smallest absolute Gasteiger partial charge is 0.338 e. The molecular formula is C30H32N2O5. The average Bonchev–Trinajstić information content (AvgIpc) is 2.91. The summed E-state index contributed by atoms with van der Waals surface area (Å²) in [5.41, 5.74) is 3.63. The van der Waals surface area contributed by atoms with E-state index in [0.717, 1.165) is 11.1 Å². The predicted molar refractivity (Wildman–Crippen MR) is 141 cm³/mol. The first-order valence-corrected chi connectivity index (χ1v) is 12.4. The number of nitrogens with one attached hydrogen (secondary N) is 1. The maximum absolute atomic E-state index is 13.2. The van der Waals surface area contributed by atoms with Gasteiger partial charge in [-0.2, -0.15) is 0 Å². The number of rotatable bonds is 10. The topological polar surface area (TPSA) is 77.1 Å². The van der Waals surface area contributed by atoms with E-state index in [0.29, 0.717) is 48.1 Å². The van der Waals surface area contributed by atoms with Crippen LogP contribution in [0.1, 0.15) is 43.5 Å². The number of benzene rings is 3. The molecule has 0 radical (unpaired) electrons. The number of amides is 2. The Bertz CT molecular complexity index is 1260. The summed E-state index contributed by atoms with van der Waals surface area (Å²) < 4.78 is 17.3. The molecule has 1 heterocycles. The molecule has 1 aliphatic heterocycles. The average molecular weight is 501 g/mol. The summed E-state index contributed by atoms with van der Waals surface area (Å²) in [6.07, 6.45) is 0. The molecule has 0 saturated heterocycles. The van der Waals surface area contributed by atoms with E-state index in [1.165, 1.54) is 0 Å². The third kappa shape index (κ3) is 6.12. The van der Waals surface area contributed by atoms with Crippen LogP contribution in [0.25, 0.3) is 0 Å². The van der Waals surface area contributed by atoms with E-state index < -0.39 is 12.0 Å². The first-order chi connectivity index (χ1) is 18.0. The number of ether oxygens (including phenoxy) is 3. The Hall–Kier alpha value is -4.26. The summed E-state index contributed by atoms with van der Waals surface area (Å²) >= 11 is 0. The highest BCUT2D eigenvalue weighted by Crippen LogP contribution is 2.37. The Morgan fingerprint density at radius 1 is 0.865 bits per heavy atom. The van der Waals surface area contributed by atoms with Crippen LogP contribution in [0.5, 0.6) is 11.5 Å². The van der Waals surface area contributed by atoms with Gasteiger partial charge in [-0.1, -0.05) is 66.7 Å². The molecule has 7 heteroatoms. The second-order valence-corrected chi connectivity index (χ2v) is 8.59. The first-order valence-electron chi connectivity index (χ1n) is 12.4. The van der Waals surface area contributed by atoms with Gasteiger partial charge in [-0.3, -0.25) is 4.90 Å². The Balaban J connectivity index is 1.67. The summed E-state index contributed by atoms with van der Waals surface area (Å²) in [7, 11) is 0. The van der Waals surface area contributed by atoms with Gasteiger partial charge in [-0.15, -0.1) is 0 Å². The molecule has 2 amide bonds. The van der Waals surface area contributed by atoms with Crippen molar-refractivity contribution in [2.24, 2.45) is 0 Å². The van der Waals surface area contributed by atoms with Gasteiger partial charge in [-0.05, 0) is 49.6 Å². The largest absolute Gasteiger partial charge is 0.490 e. The summed E-state index contributed by atoms with van der Waals surface area (Å²) in [4.78, 5) is 27.9. The van der Waals surface area contributed by atoms with Crippen molar-refractivity contribution < 1.29 is 23.8 Å². The van der Waals surface area contributed by atoms with E-state index in [9.17, 15) is 9.59 Å². The van der Waals surface area contributed by atoms with Crippen molar-refractivity contribution in [3.63, 3.8) is 0 Å². The van der Waals surface area contributed by atoms with Gasteiger partial charge in [0.2, 0.25) is 0 Å². The highest BCUT2D eigenvalue weighted by molar-refractivity contribution is 5.95. The van der Waals surface area contributed by atoms with Crippen molar-refractivity contribution in [1.82, 2.24) is 10.2 Å². The minimum Gasteiger partial charge on any atom is -0.490 e. The van der Waals surface area contributed by atoms with E-state index in [4.69, 9.17) is 14.2 Å². The number of carbonyl (C=O) groups excluding carboxylic acids is 2. The number of nitrogens with zero attached hydrogens (tertiary/aromatic N) is 1. The van der Waals surface area contributed by atoms with E-state index in [1.807, 2.05) is 85.8 Å². The Kier molecular flexibility index (Phi) is 8.46. The lowest BCUT2D eigenvalue weighted by Crippen LogP contribution is -2.47. The number of hydrogen-bond donors (Lipinski definition) is 1. The molecule has 3 aromatic carbocycles. The van der Waals surface area contributed by atoms with Crippen molar-refractivity contribution in [2.75, 3.05) is 13.2 Å². The zero-order chi connectivity index (χ0) is 26.2. The number of urea groups is 1. The normalized spacial score (nSPS) is 15.3. The lowest BCUT2D eigenvalue weighted by molar-refractivity contribution is -0.139. The third-order valence-corrected chi connectivity index (χ3v) is 6.11. The van der Waals surface area contributed by atoms with Crippen molar-refractivity contribution in [2.45, 2.75) is 40.0 Å². The predicted octanol–water partition coefficient (Wildman–Crippen LogP) is 5.77. The number of hydrogen-bond acceptors (Lipinski definition) is 5. The molecule has 3 aromatic rings. The van der Waals surface area contributed by atoms with Crippen molar-refractivity contribution >= 4 is 12.0 Å². The minimum atomic E-state index is -0.694. The van der Waals surface area contributed by atoms with Crippen LogP contribution in [0, 0.1) is 0 Å². The zero-order valence-electron chi connectivity index (χ0n) is 21.4. The van der Waals surface area contributed by atoms with Gasteiger partial charge in [0.15, 0.2) is 11.5 Å². The van der Waals surface area contributed by atoms with Gasteiger partial charge in [0, 0.05) is 5.70 Å². The van der Waals surface area contributed by atoms with Gasteiger partial charge < -0.3 is 19.5 Å². The molecule has 4 rings (SSSR count). The Labute approximate surface area is 217 Å². The van der Waals surface area contributed by atoms with Crippen LogP contribution in [-0.4, -0.2) is 30.1 Å². The van der Waals surface area contributed by atoms with E-state index in [-0.39, 0.29) is 12.6 Å². The summed E-state index contributed by atoms with van der Waals surface area (Å²) in [5.74, 6) is 0.656. The van der Waals surface area contributed by atoms with Crippen LogP contribution in [0.2, 0.25) is 0 Å². The summed E-state index contributed by atoms with van der Waals surface area (Å²) in [6.45, 7) is 6.83. The summed E-state index contributed by atoms with van der Waals surface area (Å²) in [5, 5.41) is 3.00. The maximum Gasteiger partial charge on any atom is 0.338 e. The van der Waals surface area contributed by atoms with Crippen LogP contribution in [0.15, 0.2) is 90.1 Å². The van der Waals surface area contributed by atoms with Crippen molar-refractivity contribution in [3.8, 4) is 11.5 Å². The molecule has 192 valence electrons. The Morgan fingerprint density at radius 3 is 2.19 bits per heavy atom. The molecule has 0 saturated carbocycles. The molecule has 1 aliphatic rings. The highest BCUT2D eigenvalue weighted by atomic mass is 16.5. The first kappa shape index (κ1) is 25.8. The quantitative estimate of drug-likeness (QED) is 0.358. The lowest BCUT2D eigenvalue weighted by atomic mass is 9.94. The van der Waals surface area contributed by atoms with Crippen LogP contribution >= 0.6 is 0 Å². The SMILES string of the molecule is CCOC(=O)C1=C(C)N(Cc2ccccc2)C(=O)NC1c1ccc(OCc2ccccc2)c(OCC)c1. The van der Waals surface area contributed by atoms with Gasteiger partial charge in [0.25, 0.3) is 0 Å². The molecule has 0 spiro atoms. The van der Waals surface area contributed by atoms with Crippen molar-refractivity contribution in [1.29, 1.82) is 0 Å². The fourth-order valence-corrected chi connectivity index (χ4v) is 4.29. The second kappa shape index (κ2) is 12.1. The third-order valence-electron chi connectivity index (χ3n) is 6.11. The van der Waals surface area contributed by atoms with Gasteiger partial charge >= 0.3 is 12.0 Å². The van der Waals surface area contributed by atoms with Gasteiger partial charge in [-0.25, -0.2) is 9.59 Å². The van der Waals surface area contributed by atoms with Crippen LogP contribution in [0.3, 0.4) is 0 Å².